The molecule has 148 valence electrons. The zero-order valence-electron chi connectivity index (χ0n) is 14.7. The molecule has 0 aliphatic carbocycles. The lowest BCUT2D eigenvalue weighted by molar-refractivity contribution is 0.339. The maximum Gasteiger partial charge on any atom is 0.266 e. The number of benzene rings is 1. The molecule has 2 heterocycles. The van der Waals surface area contributed by atoms with Crippen LogP contribution in [0.4, 0.5) is 4.39 Å². The fraction of sp³-hybridized carbons (Fsp3) is 0.222. The molecule has 10 heteroatoms. The minimum absolute atomic E-state index is 0.0275. The number of thiophene rings is 1. The molecule has 0 aliphatic rings. The van der Waals surface area contributed by atoms with Crippen LogP contribution >= 0.6 is 11.3 Å². The van der Waals surface area contributed by atoms with Crippen LogP contribution in [0.3, 0.4) is 0 Å². The van der Waals surface area contributed by atoms with Gasteiger partial charge in [-0.2, -0.15) is 5.10 Å². The average molecular weight is 423 g/mol. The van der Waals surface area contributed by atoms with Crippen molar-refractivity contribution in [3.05, 3.63) is 70.1 Å². The third-order valence-corrected chi connectivity index (χ3v) is 5.96. The van der Waals surface area contributed by atoms with Crippen LogP contribution in [0.15, 0.2) is 58.7 Å². The second-order valence-electron chi connectivity index (χ2n) is 5.77. The minimum atomic E-state index is -3.59. The van der Waals surface area contributed by atoms with Crippen molar-refractivity contribution in [2.24, 2.45) is 0 Å². The van der Waals surface area contributed by atoms with E-state index in [0.717, 1.165) is 4.88 Å². The normalized spacial score (nSPS) is 11.5. The molecule has 0 radical (unpaired) electrons. The average Bonchev–Trinajstić information content (AvgIpc) is 3.19. The molecule has 3 rings (SSSR count). The first kappa shape index (κ1) is 20.2. The van der Waals surface area contributed by atoms with Crippen molar-refractivity contribution in [2.75, 3.05) is 18.9 Å². The molecule has 0 saturated carbocycles. The molecule has 0 fully saturated rings. The highest BCUT2D eigenvalue weighted by molar-refractivity contribution is 7.89. The van der Waals surface area contributed by atoms with Gasteiger partial charge in [0, 0.05) is 12.6 Å². The van der Waals surface area contributed by atoms with Crippen LogP contribution in [-0.4, -0.2) is 37.1 Å². The predicted molar refractivity (Wildman–Crippen MR) is 105 cm³/mol. The van der Waals surface area contributed by atoms with Crippen LogP contribution in [0.2, 0.25) is 0 Å². The largest absolute Gasteiger partial charge is 0.492 e. The highest BCUT2D eigenvalue weighted by Gasteiger charge is 2.11. The lowest BCUT2D eigenvalue weighted by Gasteiger charge is -2.09. The van der Waals surface area contributed by atoms with E-state index >= 15 is 0 Å². The van der Waals surface area contributed by atoms with Gasteiger partial charge in [0.05, 0.1) is 17.2 Å². The van der Waals surface area contributed by atoms with E-state index in [1.165, 1.54) is 46.4 Å². The van der Waals surface area contributed by atoms with Gasteiger partial charge in [0.1, 0.15) is 23.9 Å². The summed E-state index contributed by atoms with van der Waals surface area (Å²) in [5, 5.41) is 6.18. The van der Waals surface area contributed by atoms with E-state index in [0.29, 0.717) is 11.4 Å². The van der Waals surface area contributed by atoms with Crippen molar-refractivity contribution in [3.8, 4) is 16.3 Å². The molecule has 0 amide bonds. The Labute approximate surface area is 165 Å². The van der Waals surface area contributed by atoms with E-state index in [2.05, 4.69) is 9.82 Å². The van der Waals surface area contributed by atoms with E-state index in [1.807, 2.05) is 17.5 Å². The van der Waals surface area contributed by atoms with Gasteiger partial charge in [0.15, 0.2) is 0 Å². The molecule has 7 nitrogen and oxygen atoms in total. The molecule has 0 saturated heterocycles. The molecule has 3 aromatic rings. The van der Waals surface area contributed by atoms with E-state index in [9.17, 15) is 17.6 Å². The maximum absolute atomic E-state index is 12.8. The van der Waals surface area contributed by atoms with Crippen LogP contribution in [0.25, 0.3) is 10.6 Å². The van der Waals surface area contributed by atoms with Crippen molar-refractivity contribution in [3.63, 3.8) is 0 Å². The Morgan fingerprint density at radius 2 is 1.93 bits per heavy atom. The van der Waals surface area contributed by atoms with Crippen molar-refractivity contribution in [1.82, 2.24) is 14.5 Å². The monoisotopic (exact) mass is 423 g/mol. The number of aromatic nitrogens is 2. The van der Waals surface area contributed by atoms with Gasteiger partial charge in [-0.25, -0.2) is 22.2 Å². The van der Waals surface area contributed by atoms with Gasteiger partial charge in [-0.15, -0.1) is 11.3 Å². The number of hydrogen-bond acceptors (Lipinski definition) is 6. The summed E-state index contributed by atoms with van der Waals surface area (Å²) in [5.74, 6) is -0.270. The van der Waals surface area contributed by atoms with Crippen molar-refractivity contribution >= 4 is 21.4 Å². The van der Waals surface area contributed by atoms with E-state index in [-0.39, 0.29) is 31.0 Å². The highest BCUT2D eigenvalue weighted by Crippen LogP contribution is 2.20. The molecule has 0 unspecified atom stereocenters. The summed E-state index contributed by atoms with van der Waals surface area (Å²) in [5.41, 5.74) is 0.351. The smallest absolute Gasteiger partial charge is 0.266 e. The number of hydrogen-bond donors (Lipinski definition) is 1. The summed E-state index contributed by atoms with van der Waals surface area (Å²) in [7, 11) is -3.59. The number of halogens is 1. The van der Waals surface area contributed by atoms with E-state index in [1.54, 1.807) is 6.07 Å². The fourth-order valence-electron chi connectivity index (χ4n) is 2.34. The van der Waals surface area contributed by atoms with Gasteiger partial charge in [-0.05, 0) is 41.8 Å². The standard InChI is InChI=1S/C18H18FN3O4S2/c19-14-3-5-15(6-4-14)26-11-13-28(24,25)20-9-10-22-18(23)8-7-16(21-22)17-2-1-12-27-17/h1-8,12,20H,9-11,13H2. The topological polar surface area (TPSA) is 90.3 Å². The van der Waals surface area contributed by atoms with E-state index < -0.39 is 15.8 Å². The van der Waals surface area contributed by atoms with Crippen LogP contribution in [-0.2, 0) is 16.6 Å². The Morgan fingerprint density at radius 1 is 1.14 bits per heavy atom. The molecular weight excluding hydrogens is 405 g/mol. The SMILES string of the molecule is O=c1ccc(-c2cccs2)nn1CCNS(=O)(=O)CCOc1ccc(F)cc1. The summed E-state index contributed by atoms with van der Waals surface area (Å²) in [6.07, 6.45) is 0. The molecule has 0 bridgehead atoms. The number of rotatable bonds is 9. The number of ether oxygens (including phenoxy) is 1. The third kappa shape index (κ3) is 5.72. The summed E-state index contributed by atoms with van der Waals surface area (Å²) in [6, 6.07) is 12.1. The summed E-state index contributed by atoms with van der Waals surface area (Å²) in [6.45, 7) is 0.0583. The predicted octanol–water partition coefficient (Wildman–Crippen LogP) is 2.11. The Bertz CT molecular complexity index is 1060. The van der Waals surface area contributed by atoms with Crippen LogP contribution < -0.4 is 15.0 Å². The van der Waals surface area contributed by atoms with Crippen LogP contribution in [0.5, 0.6) is 5.75 Å². The fourth-order valence-corrected chi connectivity index (χ4v) is 3.88. The molecule has 28 heavy (non-hydrogen) atoms. The number of sulfonamides is 1. The van der Waals surface area contributed by atoms with Gasteiger partial charge >= 0.3 is 0 Å². The summed E-state index contributed by atoms with van der Waals surface area (Å²) in [4.78, 5) is 12.9. The van der Waals surface area contributed by atoms with Crippen LogP contribution in [0, 0.1) is 5.82 Å². The summed E-state index contributed by atoms with van der Waals surface area (Å²) >= 11 is 1.50. The first-order chi connectivity index (χ1) is 13.4. The minimum Gasteiger partial charge on any atom is -0.492 e. The van der Waals surface area contributed by atoms with Crippen LogP contribution in [0.1, 0.15) is 0 Å². The quantitative estimate of drug-likeness (QED) is 0.569. The van der Waals surface area contributed by atoms with Gasteiger partial charge in [0.2, 0.25) is 10.0 Å². The maximum atomic E-state index is 12.8. The van der Waals surface area contributed by atoms with Crippen molar-refractivity contribution in [1.29, 1.82) is 0 Å². The molecule has 2 aromatic heterocycles. The zero-order valence-corrected chi connectivity index (χ0v) is 16.4. The molecule has 1 N–H and O–H groups in total. The lowest BCUT2D eigenvalue weighted by Crippen LogP contribution is -2.34. The zero-order chi connectivity index (χ0) is 20.0. The Kier molecular flexibility index (Phi) is 6.55. The number of nitrogens with zero attached hydrogens (tertiary/aromatic N) is 2. The van der Waals surface area contributed by atoms with Crippen molar-refractivity contribution < 1.29 is 17.5 Å². The van der Waals surface area contributed by atoms with Gasteiger partial charge in [-0.3, -0.25) is 4.79 Å². The van der Waals surface area contributed by atoms with Gasteiger partial charge in [0.25, 0.3) is 5.56 Å². The molecule has 0 aliphatic heterocycles. The van der Waals surface area contributed by atoms with E-state index in [4.69, 9.17) is 4.74 Å². The molecular formula is C18H18FN3O4S2. The molecule has 1 aromatic carbocycles. The first-order valence-electron chi connectivity index (χ1n) is 8.41. The molecule has 0 atom stereocenters. The second-order valence-corrected chi connectivity index (χ2v) is 8.65. The molecule has 0 spiro atoms. The second kappa shape index (κ2) is 9.09. The summed E-state index contributed by atoms with van der Waals surface area (Å²) < 4.78 is 45.8. The Balaban J connectivity index is 1.50. The van der Waals surface area contributed by atoms with Gasteiger partial charge in [-0.1, -0.05) is 6.07 Å². The van der Waals surface area contributed by atoms with Gasteiger partial charge < -0.3 is 4.74 Å². The first-order valence-corrected chi connectivity index (χ1v) is 10.9. The Morgan fingerprint density at radius 3 is 2.64 bits per heavy atom. The van der Waals surface area contributed by atoms with Crippen molar-refractivity contribution in [2.45, 2.75) is 6.54 Å². The Hall–Kier alpha value is -2.56. The lowest BCUT2D eigenvalue weighted by atomic mass is 10.3. The third-order valence-electron chi connectivity index (χ3n) is 3.72. The highest BCUT2D eigenvalue weighted by atomic mass is 32.2. The number of nitrogens with one attached hydrogen (secondary N) is 1.